The molecule has 0 bridgehead atoms. The van der Waals surface area contributed by atoms with Gasteiger partial charge in [-0.2, -0.15) is 0 Å². The van der Waals surface area contributed by atoms with Gasteiger partial charge in [0.1, 0.15) is 6.10 Å². The zero-order valence-corrected chi connectivity index (χ0v) is 35.0. The van der Waals surface area contributed by atoms with Crippen LogP contribution in [0.1, 0.15) is 206 Å². The van der Waals surface area contributed by atoms with Crippen LogP contribution in [0.2, 0.25) is 0 Å². The largest absolute Gasteiger partial charge is 0.472 e. The summed E-state index contributed by atoms with van der Waals surface area (Å²) in [6.45, 7) is 4.91. The van der Waals surface area contributed by atoms with Crippen LogP contribution in [0.5, 0.6) is 0 Å². The van der Waals surface area contributed by atoms with E-state index in [-0.39, 0.29) is 32.3 Å². The van der Waals surface area contributed by atoms with Crippen LogP contribution >= 0.6 is 7.82 Å². The van der Waals surface area contributed by atoms with Crippen molar-refractivity contribution in [3.63, 3.8) is 0 Å². The Morgan fingerprint density at radius 3 is 1.40 bits per heavy atom. The normalized spacial score (nSPS) is 13.7. The summed E-state index contributed by atoms with van der Waals surface area (Å²) in [5, 5.41) is 0. The number of carbonyl (C=O) groups excluding carboxylic acids is 1. The third-order valence-corrected chi connectivity index (χ3v) is 10.3. The molecule has 0 aromatic rings. The molecule has 0 saturated carbocycles. The number of ether oxygens (including phenoxy) is 2. The molecule has 0 spiro atoms. The van der Waals surface area contributed by atoms with Gasteiger partial charge in [-0.15, -0.1) is 0 Å². The molecule has 0 aromatic heterocycles. The number of hydrogen-bond acceptors (Lipinski definition) is 7. The van der Waals surface area contributed by atoms with Gasteiger partial charge in [0.05, 0.1) is 19.8 Å². The minimum Gasteiger partial charge on any atom is -0.457 e. The Labute approximate surface area is 321 Å². The van der Waals surface area contributed by atoms with Crippen molar-refractivity contribution in [2.45, 2.75) is 213 Å². The average molecular weight is 758 g/mol. The second-order valence-electron chi connectivity index (χ2n) is 14.6. The molecule has 0 heterocycles. The third-order valence-electron chi connectivity index (χ3n) is 9.34. The highest BCUT2D eigenvalue weighted by Crippen LogP contribution is 2.43. The first-order valence-electron chi connectivity index (χ1n) is 21.8. The molecule has 0 rings (SSSR count). The van der Waals surface area contributed by atoms with Crippen molar-refractivity contribution in [3.05, 3.63) is 24.3 Å². The minimum atomic E-state index is -4.28. The molecule has 0 aliphatic rings. The van der Waals surface area contributed by atoms with Crippen molar-refractivity contribution in [1.29, 1.82) is 0 Å². The highest BCUT2D eigenvalue weighted by Gasteiger charge is 2.25. The van der Waals surface area contributed by atoms with Crippen molar-refractivity contribution < 1.29 is 32.8 Å². The van der Waals surface area contributed by atoms with Crippen LogP contribution in [0.4, 0.5) is 0 Å². The molecule has 0 aliphatic heterocycles. The number of nitrogens with two attached hydrogens (primary N) is 1. The van der Waals surface area contributed by atoms with Crippen LogP contribution in [-0.2, 0) is 27.9 Å². The van der Waals surface area contributed by atoms with Gasteiger partial charge in [0, 0.05) is 19.6 Å². The summed E-state index contributed by atoms with van der Waals surface area (Å²) in [7, 11) is -4.28. The lowest BCUT2D eigenvalue weighted by Crippen LogP contribution is -2.28. The van der Waals surface area contributed by atoms with Crippen molar-refractivity contribution >= 4 is 13.8 Å². The maximum absolute atomic E-state index is 12.6. The fraction of sp³-hybridized carbons (Fsp3) is 0.884. The zero-order chi connectivity index (χ0) is 38.1. The molecule has 0 aliphatic carbocycles. The molecule has 0 fully saturated rings. The fourth-order valence-electron chi connectivity index (χ4n) is 6.10. The summed E-state index contributed by atoms with van der Waals surface area (Å²) in [4.78, 5) is 22.5. The van der Waals surface area contributed by atoms with Gasteiger partial charge in [0.15, 0.2) is 0 Å². The van der Waals surface area contributed by atoms with Gasteiger partial charge in [-0.3, -0.25) is 13.8 Å². The van der Waals surface area contributed by atoms with Crippen molar-refractivity contribution in [2.24, 2.45) is 5.73 Å². The Balaban J connectivity index is 4.03. The second-order valence-corrected chi connectivity index (χ2v) is 16.0. The first kappa shape index (κ1) is 51.0. The van der Waals surface area contributed by atoms with Gasteiger partial charge in [-0.1, -0.05) is 160 Å². The van der Waals surface area contributed by atoms with Crippen LogP contribution in [0.15, 0.2) is 24.3 Å². The molecule has 308 valence electrons. The number of esters is 1. The molecule has 0 amide bonds. The van der Waals surface area contributed by atoms with Gasteiger partial charge in [-0.25, -0.2) is 4.57 Å². The van der Waals surface area contributed by atoms with E-state index in [0.717, 1.165) is 44.9 Å². The molecule has 52 heavy (non-hydrogen) atoms. The number of rotatable bonds is 42. The first-order valence-corrected chi connectivity index (χ1v) is 23.3. The summed E-state index contributed by atoms with van der Waals surface area (Å²) < 4.78 is 33.4. The minimum absolute atomic E-state index is 0.0970. The lowest BCUT2D eigenvalue weighted by atomic mass is 10.1. The van der Waals surface area contributed by atoms with Crippen LogP contribution in [0.3, 0.4) is 0 Å². The topological polar surface area (TPSA) is 117 Å². The Morgan fingerprint density at radius 2 is 0.962 bits per heavy atom. The fourth-order valence-corrected chi connectivity index (χ4v) is 6.87. The average Bonchev–Trinajstić information content (AvgIpc) is 3.13. The van der Waals surface area contributed by atoms with Gasteiger partial charge in [0.25, 0.3) is 0 Å². The van der Waals surface area contributed by atoms with Gasteiger partial charge >= 0.3 is 13.8 Å². The molecule has 9 heteroatoms. The summed E-state index contributed by atoms with van der Waals surface area (Å²) in [5.74, 6) is -0.339. The number of carbonyl (C=O) groups is 1. The van der Waals surface area contributed by atoms with E-state index in [2.05, 4.69) is 38.2 Å². The predicted octanol–water partition coefficient (Wildman–Crippen LogP) is 12.9. The van der Waals surface area contributed by atoms with Crippen LogP contribution in [-0.4, -0.2) is 49.9 Å². The highest BCUT2D eigenvalue weighted by atomic mass is 31.2. The van der Waals surface area contributed by atoms with E-state index in [4.69, 9.17) is 24.3 Å². The van der Waals surface area contributed by atoms with Gasteiger partial charge in [0.2, 0.25) is 0 Å². The van der Waals surface area contributed by atoms with E-state index in [1.807, 2.05) is 0 Å². The Morgan fingerprint density at radius 1 is 0.558 bits per heavy atom. The number of unbranched alkanes of at least 4 members (excludes halogenated alkanes) is 25. The Bertz CT molecular complexity index is 853. The van der Waals surface area contributed by atoms with E-state index < -0.39 is 13.9 Å². The maximum atomic E-state index is 12.6. The van der Waals surface area contributed by atoms with Crippen molar-refractivity contribution in [3.8, 4) is 0 Å². The second kappa shape index (κ2) is 41.1. The summed E-state index contributed by atoms with van der Waals surface area (Å²) in [5.41, 5.74) is 5.37. The molecule has 0 radical (unpaired) electrons. The zero-order valence-electron chi connectivity index (χ0n) is 34.1. The van der Waals surface area contributed by atoms with E-state index in [1.54, 1.807) is 0 Å². The quantitative estimate of drug-likeness (QED) is 0.0273. The maximum Gasteiger partial charge on any atom is 0.472 e. The Hall–Kier alpha value is -1.02. The lowest BCUT2D eigenvalue weighted by Gasteiger charge is -2.20. The summed E-state index contributed by atoms with van der Waals surface area (Å²) in [6.07, 6.45) is 44.8. The molecule has 3 N–H and O–H groups in total. The molecule has 2 atom stereocenters. The third kappa shape index (κ3) is 40.2. The first-order chi connectivity index (χ1) is 25.4. The van der Waals surface area contributed by atoms with Gasteiger partial charge < -0.3 is 20.1 Å². The number of phosphoric acid groups is 1. The molecule has 1 unspecified atom stereocenters. The number of allylic oxidation sites excluding steroid dienone is 4. The molecule has 8 nitrogen and oxygen atoms in total. The van der Waals surface area contributed by atoms with Crippen LogP contribution in [0, 0.1) is 0 Å². The van der Waals surface area contributed by atoms with Gasteiger partial charge in [-0.05, 0) is 64.2 Å². The number of phosphoric ester groups is 1. The van der Waals surface area contributed by atoms with Crippen LogP contribution in [0.25, 0.3) is 0 Å². The monoisotopic (exact) mass is 758 g/mol. The van der Waals surface area contributed by atoms with E-state index in [1.165, 1.54) is 141 Å². The lowest BCUT2D eigenvalue weighted by molar-refractivity contribution is -0.154. The van der Waals surface area contributed by atoms with E-state index >= 15 is 0 Å². The molecular weight excluding hydrogens is 673 g/mol. The van der Waals surface area contributed by atoms with Crippen LogP contribution < -0.4 is 5.73 Å². The highest BCUT2D eigenvalue weighted by molar-refractivity contribution is 7.47. The number of hydrogen-bond donors (Lipinski definition) is 2. The molecular formula is C43H84NO7P. The smallest absolute Gasteiger partial charge is 0.457 e. The standard InChI is InChI=1S/C43H84NO7P/c1-3-5-7-9-11-13-15-17-19-20-21-23-25-27-29-31-33-35-38-48-40-42(41-50-52(46,47)49-39-37-44)51-43(45)36-34-32-30-28-26-24-22-18-16-14-12-10-8-6-4-2/h18,20-22,42H,3-17,19,23-41,44H2,1-2H3,(H,46,47)/b21-20+,22-18-/t42-/m1/s1. The predicted molar refractivity (Wildman–Crippen MR) is 220 cm³/mol. The van der Waals surface area contributed by atoms with Crippen molar-refractivity contribution in [1.82, 2.24) is 0 Å². The summed E-state index contributed by atoms with van der Waals surface area (Å²) >= 11 is 0. The SMILES string of the molecule is CCCCCCCC/C=C\CCCCCCCC(=O)O[C@H](COCCCCCCCC/C=C/CCCCCCCCCC)COP(=O)(O)OCCN. The molecule has 0 saturated heterocycles. The molecule has 0 aromatic carbocycles. The summed E-state index contributed by atoms with van der Waals surface area (Å²) in [6, 6.07) is 0. The van der Waals surface area contributed by atoms with Crippen molar-refractivity contribution in [2.75, 3.05) is 33.0 Å². The van der Waals surface area contributed by atoms with E-state index in [9.17, 15) is 14.3 Å². The van der Waals surface area contributed by atoms with E-state index in [0.29, 0.717) is 13.0 Å². The Kier molecular flexibility index (Phi) is 40.3.